The van der Waals surface area contributed by atoms with E-state index in [1.165, 1.54) is 0 Å². The van der Waals surface area contributed by atoms with Crippen LogP contribution in [0.3, 0.4) is 0 Å². The lowest BCUT2D eigenvalue weighted by molar-refractivity contribution is 0.793. The number of hydrogen-bond donors (Lipinski definition) is 0. The Morgan fingerprint density at radius 2 is 2.21 bits per heavy atom. The summed E-state index contributed by atoms with van der Waals surface area (Å²) in [5.41, 5.74) is 2.14. The summed E-state index contributed by atoms with van der Waals surface area (Å²) in [6, 6.07) is 10.1. The summed E-state index contributed by atoms with van der Waals surface area (Å²) >= 11 is 0. The predicted octanol–water partition coefficient (Wildman–Crippen LogP) is 3.25. The van der Waals surface area contributed by atoms with Crippen molar-refractivity contribution in [2.75, 3.05) is 0 Å². The van der Waals surface area contributed by atoms with Crippen LogP contribution in [0.2, 0.25) is 0 Å². The lowest BCUT2D eigenvalue weighted by Gasteiger charge is -1.98. The molecule has 1 aromatic carbocycles. The lowest BCUT2D eigenvalue weighted by Crippen LogP contribution is -1.89. The van der Waals surface area contributed by atoms with Crippen LogP contribution in [0.4, 0.5) is 5.69 Å². The number of aryl methyl sites for hydroxylation is 1. The van der Waals surface area contributed by atoms with Crippen molar-refractivity contribution >= 4 is 11.9 Å². The molecule has 0 spiro atoms. The number of benzene rings is 1. The van der Waals surface area contributed by atoms with E-state index in [1.54, 1.807) is 0 Å². The summed E-state index contributed by atoms with van der Waals surface area (Å²) in [6.07, 6.45) is 2.53. The number of nitrogens with zero attached hydrogens (tertiary/aromatic N) is 2. The van der Waals surface area contributed by atoms with Gasteiger partial charge in [0.25, 0.3) is 0 Å². The first-order valence-electron chi connectivity index (χ1n) is 4.72. The van der Waals surface area contributed by atoms with E-state index in [4.69, 9.17) is 5.26 Å². The highest BCUT2D eigenvalue weighted by molar-refractivity contribution is 5.65. The number of nitriles is 1. The molecular weight excluding hydrogens is 172 g/mol. The van der Waals surface area contributed by atoms with Gasteiger partial charge in [0.2, 0.25) is 0 Å². The summed E-state index contributed by atoms with van der Waals surface area (Å²) < 4.78 is 0. The summed E-state index contributed by atoms with van der Waals surface area (Å²) in [6.45, 7) is 3.92. The Morgan fingerprint density at radius 3 is 2.86 bits per heavy atom. The Balaban J connectivity index is 2.61. The fourth-order valence-electron chi connectivity index (χ4n) is 1.07. The van der Waals surface area contributed by atoms with Gasteiger partial charge in [0.15, 0.2) is 0 Å². The van der Waals surface area contributed by atoms with Crippen LogP contribution in [0.5, 0.6) is 0 Å². The summed E-state index contributed by atoms with van der Waals surface area (Å²) in [5.74, 6) is 0.0442. The fraction of sp³-hybridized carbons (Fsp3) is 0.333. The molecule has 14 heavy (non-hydrogen) atoms. The molecule has 0 saturated heterocycles. The number of rotatable bonds is 3. The van der Waals surface area contributed by atoms with Crippen molar-refractivity contribution in [3.05, 3.63) is 29.8 Å². The van der Waals surface area contributed by atoms with E-state index in [0.717, 1.165) is 11.3 Å². The topological polar surface area (TPSA) is 36.1 Å². The number of hydrogen-bond acceptors (Lipinski definition) is 2. The Kier molecular flexibility index (Phi) is 3.87. The van der Waals surface area contributed by atoms with Gasteiger partial charge in [0.05, 0.1) is 11.8 Å². The molecule has 0 aliphatic heterocycles. The molecule has 2 nitrogen and oxygen atoms in total. The van der Waals surface area contributed by atoms with Crippen LogP contribution >= 0.6 is 0 Å². The number of para-hydroxylation sites is 1. The van der Waals surface area contributed by atoms with Crippen molar-refractivity contribution in [3.63, 3.8) is 0 Å². The van der Waals surface area contributed by atoms with Crippen molar-refractivity contribution in [1.82, 2.24) is 0 Å². The van der Waals surface area contributed by atoms with Crippen LogP contribution in [-0.2, 0) is 0 Å². The van der Waals surface area contributed by atoms with Gasteiger partial charge in [-0.25, -0.2) is 0 Å². The fourth-order valence-corrected chi connectivity index (χ4v) is 1.07. The zero-order chi connectivity index (χ0) is 10.4. The Hall–Kier alpha value is -1.62. The van der Waals surface area contributed by atoms with Crippen LogP contribution in [0.15, 0.2) is 29.3 Å². The molecule has 0 aromatic heterocycles. The normalized spacial score (nSPS) is 12.6. The largest absolute Gasteiger partial charge is 0.261 e. The minimum atomic E-state index is 0.0442. The van der Waals surface area contributed by atoms with Gasteiger partial charge in [0, 0.05) is 12.1 Å². The monoisotopic (exact) mass is 186 g/mol. The van der Waals surface area contributed by atoms with E-state index in [2.05, 4.69) is 11.1 Å². The Morgan fingerprint density at radius 1 is 1.50 bits per heavy atom. The van der Waals surface area contributed by atoms with Crippen LogP contribution in [0.1, 0.15) is 18.9 Å². The van der Waals surface area contributed by atoms with E-state index in [1.807, 2.05) is 44.3 Å². The van der Waals surface area contributed by atoms with E-state index in [9.17, 15) is 0 Å². The maximum atomic E-state index is 8.57. The van der Waals surface area contributed by atoms with Gasteiger partial charge in [0.1, 0.15) is 0 Å². The first kappa shape index (κ1) is 10.5. The summed E-state index contributed by atoms with van der Waals surface area (Å²) in [5, 5.41) is 8.57. The van der Waals surface area contributed by atoms with Crippen LogP contribution in [-0.4, -0.2) is 6.21 Å². The molecule has 0 amide bonds. The molecule has 0 aliphatic carbocycles. The smallest absolute Gasteiger partial charge is 0.0656 e. The van der Waals surface area contributed by atoms with Crippen LogP contribution < -0.4 is 0 Å². The quantitative estimate of drug-likeness (QED) is 0.667. The molecule has 72 valence electrons. The molecule has 0 aliphatic rings. The average molecular weight is 186 g/mol. The second kappa shape index (κ2) is 5.18. The van der Waals surface area contributed by atoms with Crippen molar-refractivity contribution in [2.24, 2.45) is 10.9 Å². The second-order valence-corrected chi connectivity index (χ2v) is 3.36. The molecule has 1 aromatic rings. The minimum Gasteiger partial charge on any atom is -0.261 e. The first-order chi connectivity index (χ1) is 6.74. The van der Waals surface area contributed by atoms with E-state index >= 15 is 0 Å². The molecule has 0 radical (unpaired) electrons. The Labute approximate surface area is 84.9 Å². The molecule has 0 bridgehead atoms. The predicted molar refractivity (Wildman–Crippen MR) is 58.7 cm³/mol. The zero-order valence-electron chi connectivity index (χ0n) is 8.57. The van der Waals surface area contributed by atoms with E-state index in [0.29, 0.717) is 6.42 Å². The molecule has 0 saturated carbocycles. The van der Waals surface area contributed by atoms with Crippen LogP contribution in [0.25, 0.3) is 0 Å². The molecule has 1 atom stereocenters. The number of aliphatic imine (C=N–C) groups is 1. The van der Waals surface area contributed by atoms with Crippen molar-refractivity contribution in [3.8, 4) is 6.07 Å². The van der Waals surface area contributed by atoms with Gasteiger partial charge < -0.3 is 0 Å². The van der Waals surface area contributed by atoms with Crippen molar-refractivity contribution < 1.29 is 0 Å². The van der Waals surface area contributed by atoms with Gasteiger partial charge in [-0.05, 0) is 31.9 Å². The minimum absolute atomic E-state index is 0.0442. The first-order valence-corrected chi connectivity index (χ1v) is 4.72. The molecule has 0 N–H and O–H groups in total. The van der Waals surface area contributed by atoms with Gasteiger partial charge in [-0.15, -0.1) is 0 Å². The maximum Gasteiger partial charge on any atom is 0.0656 e. The highest BCUT2D eigenvalue weighted by Gasteiger charge is 1.96. The van der Waals surface area contributed by atoms with Gasteiger partial charge in [-0.2, -0.15) is 5.26 Å². The third-order valence-electron chi connectivity index (χ3n) is 2.03. The summed E-state index contributed by atoms with van der Waals surface area (Å²) in [7, 11) is 0. The average Bonchev–Trinajstić information content (AvgIpc) is 2.20. The molecule has 0 fully saturated rings. The molecule has 2 heteroatoms. The molecule has 1 unspecified atom stereocenters. The third-order valence-corrected chi connectivity index (χ3v) is 2.03. The SMILES string of the molecule is Cc1ccccc1N=CCC(C)C#N. The molecular formula is C12H14N2. The second-order valence-electron chi connectivity index (χ2n) is 3.36. The van der Waals surface area contributed by atoms with E-state index < -0.39 is 0 Å². The maximum absolute atomic E-state index is 8.57. The lowest BCUT2D eigenvalue weighted by atomic mass is 10.1. The van der Waals surface area contributed by atoms with Gasteiger partial charge >= 0.3 is 0 Å². The van der Waals surface area contributed by atoms with Crippen LogP contribution in [0, 0.1) is 24.2 Å². The standard InChI is InChI=1S/C12H14N2/c1-10(9-13)7-8-14-12-6-4-3-5-11(12)2/h3-6,8,10H,7H2,1-2H3. The van der Waals surface area contributed by atoms with Crippen molar-refractivity contribution in [1.29, 1.82) is 5.26 Å². The van der Waals surface area contributed by atoms with Gasteiger partial charge in [-0.3, -0.25) is 4.99 Å². The summed E-state index contributed by atoms with van der Waals surface area (Å²) in [4.78, 5) is 4.32. The molecule has 0 heterocycles. The zero-order valence-corrected chi connectivity index (χ0v) is 8.57. The van der Waals surface area contributed by atoms with Crippen molar-refractivity contribution in [2.45, 2.75) is 20.3 Å². The van der Waals surface area contributed by atoms with Gasteiger partial charge in [-0.1, -0.05) is 18.2 Å². The van der Waals surface area contributed by atoms with E-state index in [-0.39, 0.29) is 5.92 Å². The molecule has 1 rings (SSSR count). The third kappa shape index (κ3) is 3.02. The Bertz CT molecular complexity index is 361. The highest BCUT2D eigenvalue weighted by Crippen LogP contribution is 2.16. The highest BCUT2D eigenvalue weighted by atomic mass is 14.7.